The normalized spacial score (nSPS) is 8.83. The predicted octanol–water partition coefficient (Wildman–Crippen LogP) is 2.29. The fraction of sp³-hybridized carbons (Fsp3) is 0.111. The van der Waals surface area contributed by atoms with Crippen molar-refractivity contribution in [3.05, 3.63) is 34.3 Å². The third-order valence-electron chi connectivity index (χ3n) is 1.21. The van der Waals surface area contributed by atoms with Gasteiger partial charge in [-0.15, -0.1) is 0 Å². The van der Waals surface area contributed by atoms with E-state index in [1.165, 1.54) is 0 Å². The Morgan fingerprint density at radius 1 is 1.33 bits per heavy atom. The highest BCUT2D eigenvalue weighted by atomic mass is 79.9. The maximum atomic E-state index is 7.98. The summed E-state index contributed by atoms with van der Waals surface area (Å²) in [5, 5.41) is 7.98. The second-order valence-electron chi connectivity index (χ2n) is 2.08. The first-order valence-electron chi connectivity index (χ1n) is 3.34. The summed E-state index contributed by atoms with van der Waals surface area (Å²) >= 11 is 3.31. The summed E-state index contributed by atoms with van der Waals surface area (Å²) in [5.74, 6) is 5.45. The molecule has 0 aliphatic rings. The molecular formula is C9H7BrO2. The average Bonchev–Trinajstić information content (AvgIpc) is 2.09. The van der Waals surface area contributed by atoms with Gasteiger partial charge in [-0.25, -0.2) is 4.89 Å². The monoisotopic (exact) mass is 226 g/mol. The topological polar surface area (TPSA) is 29.5 Å². The van der Waals surface area contributed by atoms with Gasteiger partial charge in [0, 0.05) is 10.0 Å². The first kappa shape index (κ1) is 9.27. The molecule has 0 spiro atoms. The minimum absolute atomic E-state index is 0.0378. The van der Waals surface area contributed by atoms with Gasteiger partial charge >= 0.3 is 0 Å². The number of hydrogen-bond donors (Lipinski definition) is 1. The Hall–Kier alpha value is -0.820. The van der Waals surface area contributed by atoms with Gasteiger partial charge in [0.15, 0.2) is 0 Å². The minimum atomic E-state index is 0.0378. The van der Waals surface area contributed by atoms with Crippen molar-refractivity contribution in [1.29, 1.82) is 0 Å². The zero-order valence-corrected chi connectivity index (χ0v) is 7.84. The van der Waals surface area contributed by atoms with Crippen molar-refractivity contribution in [2.75, 3.05) is 6.61 Å². The molecule has 62 valence electrons. The molecule has 1 aromatic carbocycles. The van der Waals surface area contributed by atoms with Crippen LogP contribution in [0, 0.1) is 11.8 Å². The Balaban J connectivity index is 2.66. The van der Waals surface area contributed by atoms with Crippen molar-refractivity contribution in [3.63, 3.8) is 0 Å². The Morgan fingerprint density at radius 2 is 2.00 bits per heavy atom. The molecule has 0 saturated carbocycles. The summed E-state index contributed by atoms with van der Waals surface area (Å²) in [6.45, 7) is 0.0378. The first-order chi connectivity index (χ1) is 5.83. The number of rotatable bonds is 1. The molecular weight excluding hydrogens is 220 g/mol. The lowest BCUT2D eigenvalue weighted by atomic mass is 10.2. The highest BCUT2D eigenvalue weighted by Crippen LogP contribution is 2.09. The zero-order chi connectivity index (χ0) is 8.81. The highest BCUT2D eigenvalue weighted by Gasteiger charge is 1.85. The molecule has 1 rings (SSSR count). The van der Waals surface area contributed by atoms with Crippen LogP contribution in [0.2, 0.25) is 0 Å². The maximum absolute atomic E-state index is 7.98. The van der Waals surface area contributed by atoms with E-state index in [9.17, 15) is 0 Å². The fourth-order valence-corrected chi connectivity index (χ4v) is 0.968. The SMILES string of the molecule is OOCC#Cc1ccc(Br)cc1. The third kappa shape index (κ3) is 3.05. The van der Waals surface area contributed by atoms with Gasteiger partial charge in [-0.1, -0.05) is 27.8 Å². The number of hydrogen-bond acceptors (Lipinski definition) is 2. The van der Waals surface area contributed by atoms with E-state index in [1.54, 1.807) is 0 Å². The standard InChI is InChI=1S/C9H7BrO2/c10-9-5-3-8(4-6-9)2-1-7-12-11/h3-6,11H,7H2. The first-order valence-corrected chi connectivity index (χ1v) is 4.13. The molecule has 0 fully saturated rings. The Kier molecular flexibility index (Phi) is 3.81. The van der Waals surface area contributed by atoms with Crippen LogP contribution in [-0.2, 0) is 4.89 Å². The largest absolute Gasteiger partial charge is 0.251 e. The van der Waals surface area contributed by atoms with E-state index in [-0.39, 0.29) is 6.61 Å². The van der Waals surface area contributed by atoms with Crippen LogP contribution in [0.15, 0.2) is 28.7 Å². The molecule has 0 amide bonds. The number of benzene rings is 1. The minimum Gasteiger partial charge on any atom is -0.251 e. The quantitative estimate of drug-likeness (QED) is 0.453. The van der Waals surface area contributed by atoms with Gasteiger partial charge in [-0.2, -0.15) is 0 Å². The highest BCUT2D eigenvalue weighted by molar-refractivity contribution is 9.10. The van der Waals surface area contributed by atoms with Crippen LogP contribution in [0.5, 0.6) is 0 Å². The molecule has 2 nitrogen and oxygen atoms in total. The summed E-state index contributed by atoms with van der Waals surface area (Å²) in [6.07, 6.45) is 0. The summed E-state index contributed by atoms with van der Waals surface area (Å²) in [5.41, 5.74) is 0.898. The van der Waals surface area contributed by atoms with Gasteiger partial charge in [0.1, 0.15) is 6.61 Å². The lowest BCUT2D eigenvalue weighted by molar-refractivity contribution is -0.229. The van der Waals surface area contributed by atoms with Crippen LogP contribution in [0.3, 0.4) is 0 Å². The Labute approximate surface area is 79.2 Å². The van der Waals surface area contributed by atoms with E-state index in [1.807, 2.05) is 24.3 Å². The van der Waals surface area contributed by atoms with E-state index < -0.39 is 0 Å². The molecule has 0 atom stereocenters. The fourth-order valence-electron chi connectivity index (χ4n) is 0.704. The van der Waals surface area contributed by atoms with Crippen molar-refractivity contribution < 1.29 is 10.1 Å². The van der Waals surface area contributed by atoms with Gasteiger partial charge < -0.3 is 0 Å². The summed E-state index contributed by atoms with van der Waals surface area (Å²) in [6, 6.07) is 7.58. The molecule has 12 heavy (non-hydrogen) atoms. The molecule has 0 bridgehead atoms. The molecule has 0 aliphatic heterocycles. The predicted molar refractivity (Wildman–Crippen MR) is 49.6 cm³/mol. The van der Waals surface area contributed by atoms with Gasteiger partial charge in [-0.3, -0.25) is 5.26 Å². The van der Waals surface area contributed by atoms with E-state index in [0.29, 0.717) is 0 Å². The zero-order valence-electron chi connectivity index (χ0n) is 6.25. The summed E-state index contributed by atoms with van der Waals surface area (Å²) in [4.78, 5) is 3.80. The van der Waals surface area contributed by atoms with Crippen LogP contribution in [-0.4, -0.2) is 11.9 Å². The molecule has 0 unspecified atom stereocenters. The van der Waals surface area contributed by atoms with Crippen molar-refractivity contribution >= 4 is 15.9 Å². The van der Waals surface area contributed by atoms with Gasteiger partial charge in [0.2, 0.25) is 0 Å². The summed E-state index contributed by atoms with van der Waals surface area (Å²) in [7, 11) is 0. The molecule has 0 heterocycles. The van der Waals surface area contributed by atoms with Crippen LogP contribution in [0.25, 0.3) is 0 Å². The summed E-state index contributed by atoms with van der Waals surface area (Å²) < 4.78 is 1.02. The van der Waals surface area contributed by atoms with Gasteiger partial charge in [0.25, 0.3) is 0 Å². The molecule has 1 N–H and O–H groups in total. The third-order valence-corrected chi connectivity index (χ3v) is 1.74. The molecule has 1 aromatic rings. The van der Waals surface area contributed by atoms with Crippen LogP contribution in [0.1, 0.15) is 5.56 Å². The lowest BCUT2D eigenvalue weighted by Gasteiger charge is -1.89. The lowest BCUT2D eigenvalue weighted by Crippen LogP contribution is -1.82. The number of halogens is 1. The molecule has 3 heteroatoms. The Morgan fingerprint density at radius 3 is 2.58 bits per heavy atom. The van der Waals surface area contributed by atoms with Crippen molar-refractivity contribution in [2.45, 2.75) is 0 Å². The van der Waals surface area contributed by atoms with E-state index in [4.69, 9.17) is 5.26 Å². The van der Waals surface area contributed by atoms with Gasteiger partial charge in [-0.05, 0) is 24.3 Å². The second-order valence-corrected chi connectivity index (χ2v) is 3.00. The Bertz CT molecular complexity index is 295. The average molecular weight is 227 g/mol. The van der Waals surface area contributed by atoms with Crippen molar-refractivity contribution in [3.8, 4) is 11.8 Å². The van der Waals surface area contributed by atoms with E-state index in [2.05, 4.69) is 32.7 Å². The van der Waals surface area contributed by atoms with Crippen molar-refractivity contribution in [1.82, 2.24) is 0 Å². The van der Waals surface area contributed by atoms with E-state index >= 15 is 0 Å². The molecule has 0 aromatic heterocycles. The molecule has 0 radical (unpaired) electrons. The van der Waals surface area contributed by atoms with Crippen LogP contribution < -0.4 is 0 Å². The molecule has 0 aliphatic carbocycles. The van der Waals surface area contributed by atoms with Crippen LogP contribution in [0.4, 0.5) is 0 Å². The van der Waals surface area contributed by atoms with Crippen LogP contribution >= 0.6 is 15.9 Å². The van der Waals surface area contributed by atoms with E-state index in [0.717, 1.165) is 10.0 Å². The second kappa shape index (κ2) is 4.94. The maximum Gasteiger partial charge on any atom is 0.143 e. The van der Waals surface area contributed by atoms with Crippen molar-refractivity contribution in [2.24, 2.45) is 0 Å². The smallest absolute Gasteiger partial charge is 0.143 e. The van der Waals surface area contributed by atoms with Gasteiger partial charge in [0.05, 0.1) is 0 Å². The molecule has 0 saturated heterocycles.